The van der Waals surface area contributed by atoms with Crippen molar-refractivity contribution < 1.29 is 9.94 Å². The molecule has 0 aromatic rings. The summed E-state index contributed by atoms with van der Waals surface area (Å²) in [4.78, 5) is 2.23. The summed E-state index contributed by atoms with van der Waals surface area (Å²) in [6.07, 6.45) is 2.65. The maximum Gasteiger partial charge on any atom is 0.139 e. The van der Waals surface area contributed by atoms with Crippen molar-refractivity contribution >= 4 is 5.84 Å². The van der Waals surface area contributed by atoms with Gasteiger partial charge in [0.25, 0.3) is 0 Å². The van der Waals surface area contributed by atoms with Crippen molar-refractivity contribution in [3.63, 3.8) is 0 Å². The average Bonchev–Trinajstić information content (AvgIpc) is 2.34. The van der Waals surface area contributed by atoms with E-state index in [0.29, 0.717) is 12.3 Å². The van der Waals surface area contributed by atoms with Gasteiger partial charge in [0.1, 0.15) is 5.84 Å². The zero-order valence-corrected chi connectivity index (χ0v) is 11.0. The summed E-state index contributed by atoms with van der Waals surface area (Å²) in [5, 5.41) is 14.6. The quantitative estimate of drug-likeness (QED) is 0.158. The summed E-state index contributed by atoms with van der Waals surface area (Å²) in [6, 6.07) is 0. The van der Waals surface area contributed by atoms with E-state index in [0.717, 1.165) is 45.6 Å². The Bertz CT molecular complexity index is 200. The molecule has 0 aliphatic heterocycles. The zero-order valence-electron chi connectivity index (χ0n) is 11.0. The van der Waals surface area contributed by atoms with E-state index >= 15 is 0 Å². The van der Waals surface area contributed by atoms with Crippen LogP contribution in [-0.4, -0.2) is 62.9 Å². The maximum absolute atomic E-state index is 8.34. The van der Waals surface area contributed by atoms with Gasteiger partial charge in [-0.25, -0.2) is 0 Å². The largest absolute Gasteiger partial charge is 0.409 e. The van der Waals surface area contributed by atoms with Gasteiger partial charge in [-0.1, -0.05) is 5.16 Å². The van der Waals surface area contributed by atoms with E-state index in [1.165, 1.54) is 0 Å². The Balaban J connectivity index is 3.18. The summed E-state index contributed by atoms with van der Waals surface area (Å²) in [7, 11) is 3.80. The van der Waals surface area contributed by atoms with Crippen LogP contribution < -0.4 is 11.1 Å². The molecule has 102 valence electrons. The fourth-order valence-corrected chi connectivity index (χ4v) is 1.36. The second-order valence-corrected chi connectivity index (χ2v) is 4.09. The summed E-state index contributed by atoms with van der Waals surface area (Å²) in [6.45, 7) is 4.70. The molecule has 0 saturated heterocycles. The van der Waals surface area contributed by atoms with E-state index in [1.54, 1.807) is 7.11 Å². The fraction of sp³-hybridized carbons (Fsp3) is 0.909. The van der Waals surface area contributed by atoms with Gasteiger partial charge in [-0.3, -0.25) is 0 Å². The number of amidine groups is 1. The molecule has 0 aromatic carbocycles. The minimum Gasteiger partial charge on any atom is -0.409 e. The van der Waals surface area contributed by atoms with E-state index in [4.69, 9.17) is 15.7 Å². The summed E-state index contributed by atoms with van der Waals surface area (Å²) >= 11 is 0. The molecule has 0 fully saturated rings. The highest BCUT2D eigenvalue weighted by molar-refractivity contribution is 5.79. The third kappa shape index (κ3) is 11.4. The van der Waals surface area contributed by atoms with Crippen molar-refractivity contribution in [1.29, 1.82) is 0 Å². The van der Waals surface area contributed by atoms with Gasteiger partial charge >= 0.3 is 0 Å². The molecule has 17 heavy (non-hydrogen) atoms. The number of rotatable bonds is 11. The van der Waals surface area contributed by atoms with Gasteiger partial charge in [-0.05, 0) is 26.4 Å². The Morgan fingerprint density at radius 2 is 2.12 bits per heavy atom. The Hall–Kier alpha value is -0.850. The average molecular weight is 246 g/mol. The van der Waals surface area contributed by atoms with Crippen LogP contribution in [0.25, 0.3) is 0 Å². The lowest BCUT2D eigenvalue weighted by Gasteiger charge is -2.16. The molecular formula is C11H26N4O2. The minimum atomic E-state index is 0.310. The van der Waals surface area contributed by atoms with E-state index in [-0.39, 0.29) is 0 Å². The van der Waals surface area contributed by atoms with Gasteiger partial charge in [0.2, 0.25) is 0 Å². The van der Waals surface area contributed by atoms with Gasteiger partial charge in [0.15, 0.2) is 0 Å². The lowest BCUT2D eigenvalue weighted by atomic mass is 10.2. The summed E-state index contributed by atoms with van der Waals surface area (Å²) in [5.41, 5.74) is 5.36. The predicted molar refractivity (Wildman–Crippen MR) is 69.5 cm³/mol. The smallest absolute Gasteiger partial charge is 0.139 e. The van der Waals surface area contributed by atoms with Crippen LogP contribution in [0.5, 0.6) is 0 Å². The Morgan fingerprint density at radius 1 is 1.35 bits per heavy atom. The van der Waals surface area contributed by atoms with E-state index < -0.39 is 0 Å². The second kappa shape index (κ2) is 11.6. The standard InChI is InChI=1S/C11H26N4O2/c1-15(9-10-17-2)8-7-13-6-4-3-5-11(12)14-16/h13,16H,3-10H2,1-2H3,(H2,12,14). The van der Waals surface area contributed by atoms with Crippen LogP contribution in [-0.2, 0) is 4.74 Å². The van der Waals surface area contributed by atoms with Crippen molar-refractivity contribution in [3.8, 4) is 0 Å². The van der Waals surface area contributed by atoms with E-state index in [1.807, 2.05) is 0 Å². The van der Waals surface area contributed by atoms with Gasteiger partial charge < -0.3 is 25.9 Å². The highest BCUT2D eigenvalue weighted by atomic mass is 16.5. The third-order valence-corrected chi connectivity index (χ3v) is 2.51. The first-order chi connectivity index (χ1) is 8.20. The molecule has 0 saturated carbocycles. The molecule has 6 nitrogen and oxygen atoms in total. The molecule has 0 rings (SSSR count). The second-order valence-electron chi connectivity index (χ2n) is 4.09. The first-order valence-corrected chi connectivity index (χ1v) is 6.05. The molecule has 0 heterocycles. The zero-order chi connectivity index (χ0) is 12.9. The number of oxime groups is 1. The van der Waals surface area contributed by atoms with Gasteiger partial charge in [0, 0.05) is 33.2 Å². The number of likely N-dealkylation sites (N-methyl/N-ethyl adjacent to an activating group) is 1. The van der Waals surface area contributed by atoms with E-state index in [9.17, 15) is 0 Å². The molecule has 0 unspecified atom stereocenters. The fourth-order valence-electron chi connectivity index (χ4n) is 1.36. The van der Waals surface area contributed by atoms with Crippen LogP contribution in [0.15, 0.2) is 5.16 Å². The monoisotopic (exact) mass is 246 g/mol. The number of nitrogens with two attached hydrogens (primary N) is 1. The van der Waals surface area contributed by atoms with Crippen molar-refractivity contribution in [1.82, 2.24) is 10.2 Å². The SMILES string of the molecule is COCCN(C)CCNCCCCC(N)=NO. The first kappa shape index (κ1) is 16.1. The molecule has 0 bridgehead atoms. The molecule has 0 amide bonds. The Kier molecular flexibility index (Phi) is 11.0. The molecule has 0 spiro atoms. The van der Waals surface area contributed by atoms with Crippen molar-refractivity contribution in [2.24, 2.45) is 10.9 Å². The summed E-state index contributed by atoms with van der Waals surface area (Å²) in [5.74, 6) is 0.310. The maximum atomic E-state index is 8.34. The predicted octanol–water partition coefficient (Wildman–Crippen LogP) is 0.0709. The molecule has 0 atom stereocenters. The molecular weight excluding hydrogens is 220 g/mol. The topological polar surface area (TPSA) is 83.1 Å². The molecule has 0 aliphatic rings. The lowest BCUT2D eigenvalue weighted by molar-refractivity contribution is 0.161. The number of hydrogen-bond donors (Lipinski definition) is 3. The van der Waals surface area contributed by atoms with Crippen LogP contribution in [0.1, 0.15) is 19.3 Å². The number of nitrogens with one attached hydrogen (secondary N) is 1. The third-order valence-electron chi connectivity index (χ3n) is 2.51. The highest BCUT2D eigenvalue weighted by Gasteiger charge is 1.97. The molecule has 0 radical (unpaired) electrons. The molecule has 6 heteroatoms. The van der Waals surface area contributed by atoms with Crippen molar-refractivity contribution in [3.05, 3.63) is 0 Å². The number of hydrogen-bond acceptors (Lipinski definition) is 5. The normalized spacial score (nSPS) is 12.3. The molecule has 0 aromatic heterocycles. The van der Waals surface area contributed by atoms with Gasteiger partial charge in [-0.15, -0.1) is 0 Å². The minimum absolute atomic E-state index is 0.310. The lowest BCUT2D eigenvalue weighted by Crippen LogP contribution is -2.31. The highest BCUT2D eigenvalue weighted by Crippen LogP contribution is 1.93. The van der Waals surface area contributed by atoms with Gasteiger partial charge in [0.05, 0.1) is 6.61 Å². The van der Waals surface area contributed by atoms with Crippen LogP contribution in [0.4, 0.5) is 0 Å². The number of methoxy groups -OCH3 is 1. The Morgan fingerprint density at radius 3 is 2.76 bits per heavy atom. The van der Waals surface area contributed by atoms with Crippen LogP contribution >= 0.6 is 0 Å². The molecule has 4 N–H and O–H groups in total. The number of ether oxygens (including phenoxy) is 1. The van der Waals surface area contributed by atoms with Gasteiger partial charge in [-0.2, -0.15) is 0 Å². The van der Waals surface area contributed by atoms with Crippen LogP contribution in [0.3, 0.4) is 0 Å². The first-order valence-electron chi connectivity index (χ1n) is 6.05. The molecule has 0 aliphatic carbocycles. The number of unbranched alkanes of at least 4 members (excludes halogenated alkanes) is 1. The van der Waals surface area contributed by atoms with E-state index in [2.05, 4.69) is 22.4 Å². The summed E-state index contributed by atoms with van der Waals surface area (Å²) < 4.78 is 5.00. The van der Waals surface area contributed by atoms with Crippen molar-refractivity contribution in [2.75, 3.05) is 46.9 Å². The van der Waals surface area contributed by atoms with Crippen molar-refractivity contribution in [2.45, 2.75) is 19.3 Å². The number of nitrogens with zero attached hydrogens (tertiary/aromatic N) is 2. The van der Waals surface area contributed by atoms with Crippen LogP contribution in [0, 0.1) is 0 Å². The van der Waals surface area contributed by atoms with Crippen LogP contribution in [0.2, 0.25) is 0 Å². The Labute approximate surface area is 104 Å².